The summed E-state index contributed by atoms with van der Waals surface area (Å²) >= 11 is 4.57. The Bertz CT molecular complexity index is 780. The second kappa shape index (κ2) is 7.05. The van der Waals surface area contributed by atoms with Crippen molar-refractivity contribution in [3.05, 3.63) is 50.1 Å². The van der Waals surface area contributed by atoms with E-state index in [2.05, 4.69) is 33.1 Å². The zero-order valence-electron chi connectivity index (χ0n) is 10.8. The Morgan fingerprint density at radius 2 is 2.19 bits per heavy atom. The normalized spacial score (nSPS) is 9.38. The van der Waals surface area contributed by atoms with Gasteiger partial charge in [0, 0.05) is 4.47 Å². The van der Waals surface area contributed by atoms with Gasteiger partial charge >= 0.3 is 0 Å². The van der Waals surface area contributed by atoms with Crippen molar-refractivity contribution in [1.29, 1.82) is 5.26 Å². The van der Waals surface area contributed by atoms with E-state index >= 15 is 0 Å². The number of carbonyl (C=O) groups excluding carboxylic acids is 1. The first-order chi connectivity index (χ1) is 10.1. The maximum Gasteiger partial charge on any atom is 0.265 e. The fourth-order valence-corrected chi connectivity index (χ4v) is 2.70. The van der Waals surface area contributed by atoms with Crippen LogP contribution in [0.2, 0.25) is 0 Å². The Morgan fingerprint density at radius 3 is 2.90 bits per heavy atom. The molecule has 21 heavy (non-hydrogen) atoms. The number of halogens is 1. The molecule has 4 nitrogen and oxygen atoms in total. The highest BCUT2D eigenvalue weighted by molar-refractivity contribution is 9.10. The fraction of sp³-hybridized carbons (Fsp3) is 0.0667. The van der Waals surface area contributed by atoms with Crippen LogP contribution >= 0.6 is 27.3 Å². The first-order valence-corrected chi connectivity index (χ1v) is 7.54. The van der Waals surface area contributed by atoms with Gasteiger partial charge in [-0.2, -0.15) is 5.26 Å². The van der Waals surface area contributed by atoms with E-state index in [9.17, 15) is 4.79 Å². The number of thiophene rings is 1. The minimum atomic E-state index is -0.264. The Labute approximate surface area is 134 Å². The molecule has 6 heteroatoms. The fourth-order valence-electron chi connectivity index (χ4n) is 1.57. The van der Waals surface area contributed by atoms with Crippen molar-refractivity contribution in [3.8, 4) is 17.9 Å². The smallest absolute Gasteiger partial charge is 0.265 e. The van der Waals surface area contributed by atoms with E-state index in [1.54, 1.807) is 30.3 Å². The number of anilines is 1. The summed E-state index contributed by atoms with van der Waals surface area (Å²) in [6.07, 6.45) is 0. The summed E-state index contributed by atoms with van der Waals surface area (Å²) in [6, 6.07) is 10.6. The highest BCUT2D eigenvalue weighted by Gasteiger charge is 2.11. The molecule has 0 spiro atoms. The van der Waals surface area contributed by atoms with Gasteiger partial charge in [-0.1, -0.05) is 27.8 Å². The molecule has 1 amide bonds. The molecule has 0 aliphatic rings. The van der Waals surface area contributed by atoms with Crippen LogP contribution in [0.1, 0.15) is 20.1 Å². The van der Waals surface area contributed by atoms with Crippen LogP contribution in [0.25, 0.3) is 0 Å². The number of benzene rings is 1. The van der Waals surface area contributed by atoms with E-state index in [0.29, 0.717) is 16.1 Å². The summed E-state index contributed by atoms with van der Waals surface area (Å²) in [5.41, 5.74) is 6.19. The Hall–Kier alpha value is -2.12. The molecule has 0 saturated carbocycles. The first kappa shape index (κ1) is 15.3. The molecular formula is C15H10BrN3OS. The molecule has 0 saturated heterocycles. The van der Waals surface area contributed by atoms with Gasteiger partial charge in [-0.25, -0.2) is 0 Å². The van der Waals surface area contributed by atoms with Crippen molar-refractivity contribution >= 4 is 38.9 Å². The van der Waals surface area contributed by atoms with Crippen molar-refractivity contribution in [2.24, 2.45) is 5.73 Å². The van der Waals surface area contributed by atoms with Gasteiger partial charge in [0.15, 0.2) is 0 Å². The van der Waals surface area contributed by atoms with Crippen LogP contribution in [0.4, 0.5) is 5.69 Å². The number of carbonyl (C=O) groups is 1. The molecule has 0 unspecified atom stereocenters. The number of rotatable bonds is 2. The zero-order valence-corrected chi connectivity index (χ0v) is 13.2. The lowest BCUT2D eigenvalue weighted by atomic mass is 10.2. The summed E-state index contributed by atoms with van der Waals surface area (Å²) in [6.45, 7) is 0.282. The third-order valence-electron chi connectivity index (χ3n) is 2.49. The maximum absolute atomic E-state index is 12.2. The SMILES string of the molecule is N#Cc1cc(Br)ccc1NC(=O)c1ccc(C#CCN)s1. The van der Waals surface area contributed by atoms with Crippen LogP contribution in [0.3, 0.4) is 0 Å². The van der Waals surface area contributed by atoms with Crippen LogP contribution in [0.5, 0.6) is 0 Å². The molecular weight excluding hydrogens is 350 g/mol. The summed E-state index contributed by atoms with van der Waals surface area (Å²) in [4.78, 5) is 13.5. The number of hydrogen-bond donors (Lipinski definition) is 2. The van der Waals surface area contributed by atoms with E-state index in [0.717, 1.165) is 9.35 Å². The average Bonchev–Trinajstić information content (AvgIpc) is 2.95. The van der Waals surface area contributed by atoms with E-state index in [1.807, 2.05) is 6.07 Å². The molecule has 2 rings (SSSR count). The standard InChI is InChI=1S/C15H10BrN3OS/c16-11-3-5-13(10(8-11)9-18)19-15(20)14-6-4-12(21-14)2-1-7-17/h3-6,8H,7,17H2,(H,19,20). The molecule has 1 aromatic heterocycles. The Balaban J connectivity index is 2.19. The lowest BCUT2D eigenvalue weighted by Gasteiger charge is -2.05. The van der Waals surface area contributed by atoms with Crippen LogP contribution in [-0.2, 0) is 0 Å². The second-order valence-corrected chi connectivity index (χ2v) is 5.93. The second-order valence-electron chi connectivity index (χ2n) is 3.93. The van der Waals surface area contributed by atoms with Crippen molar-refractivity contribution < 1.29 is 4.79 Å². The number of hydrogen-bond acceptors (Lipinski definition) is 4. The number of amides is 1. The molecule has 1 aromatic carbocycles. The molecule has 3 N–H and O–H groups in total. The molecule has 104 valence electrons. The van der Waals surface area contributed by atoms with Gasteiger partial charge in [0.2, 0.25) is 0 Å². The van der Waals surface area contributed by atoms with Crippen molar-refractivity contribution in [2.75, 3.05) is 11.9 Å². The number of nitrogens with zero attached hydrogens (tertiary/aromatic N) is 1. The molecule has 1 heterocycles. The summed E-state index contributed by atoms with van der Waals surface area (Å²) in [7, 11) is 0. The van der Waals surface area contributed by atoms with Crippen LogP contribution in [0, 0.1) is 23.2 Å². The average molecular weight is 360 g/mol. The van der Waals surface area contributed by atoms with Gasteiger partial charge < -0.3 is 11.1 Å². The van der Waals surface area contributed by atoms with Gasteiger partial charge in [0.1, 0.15) is 6.07 Å². The van der Waals surface area contributed by atoms with E-state index in [1.165, 1.54) is 11.3 Å². The molecule has 0 radical (unpaired) electrons. The molecule has 0 bridgehead atoms. The van der Waals surface area contributed by atoms with E-state index in [-0.39, 0.29) is 12.5 Å². The number of nitriles is 1. The van der Waals surface area contributed by atoms with Crippen LogP contribution < -0.4 is 11.1 Å². The zero-order chi connectivity index (χ0) is 15.2. The topological polar surface area (TPSA) is 78.9 Å². The first-order valence-electron chi connectivity index (χ1n) is 5.94. The molecule has 2 aromatic rings. The van der Waals surface area contributed by atoms with E-state index in [4.69, 9.17) is 11.0 Å². The van der Waals surface area contributed by atoms with Crippen molar-refractivity contribution in [1.82, 2.24) is 0 Å². The van der Waals surface area contributed by atoms with Gasteiger partial charge in [-0.05, 0) is 30.3 Å². The third kappa shape index (κ3) is 3.93. The van der Waals surface area contributed by atoms with Gasteiger partial charge in [0.25, 0.3) is 5.91 Å². The predicted molar refractivity (Wildman–Crippen MR) is 87.1 cm³/mol. The minimum Gasteiger partial charge on any atom is -0.320 e. The molecule has 0 aliphatic heterocycles. The predicted octanol–water partition coefficient (Wildman–Crippen LogP) is 2.94. The molecule has 0 aliphatic carbocycles. The van der Waals surface area contributed by atoms with Gasteiger partial charge in [0.05, 0.1) is 27.5 Å². The number of nitrogens with two attached hydrogens (primary N) is 1. The van der Waals surface area contributed by atoms with Crippen molar-refractivity contribution in [3.63, 3.8) is 0 Å². The summed E-state index contributed by atoms with van der Waals surface area (Å²) in [5, 5.41) is 11.8. The summed E-state index contributed by atoms with van der Waals surface area (Å²) in [5.74, 6) is 5.35. The van der Waals surface area contributed by atoms with Crippen LogP contribution in [-0.4, -0.2) is 12.5 Å². The highest BCUT2D eigenvalue weighted by atomic mass is 79.9. The lowest BCUT2D eigenvalue weighted by Crippen LogP contribution is -2.11. The van der Waals surface area contributed by atoms with Gasteiger partial charge in [-0.15, -0.1) is 11.3 Å². The highest BCUT2D eigenvalue weighted by Crippen LogP contribution is 2.22. The molecule has 0 atom stereocenters. The third-order valence-corrected chi connectivity index (χ3v) is 3.99. The van der Waals surface area contributed by atoms with Crippen molar-refractivity contribution in [2.45, 2.75) is 0 Å². The minimum absolute atomic E-state index is 0.264. The monoisotopic (exact) mass is 359 g/mol. The Morgan fingerprint density at radius 1 is 1.38 bits per heavy atom. The summed E-state index contributed by atoms with van der Waals surface area (Å²) < 4.78 is 0.785. The van der Waals surface area contributed by atoms with Gasteiger partial charge in [-0.3, -0.25) is 4.79 Å². The Kier molecular flexibility index (Phi) is 5.13. The largest absolute Gasteiger partial charge is 0.320 e. The van der Waals surface area contributed by atoms with Crippen LogP contribution in [0.15, 0.2) is 34.8 Å². The van der Waals surface area contributed by atoms with E-state index < -0.39 is 0 Å². The quantitative estimate of drug-likeness (QED) is 0.809. The number of nitrogens with one attached hydrogen (secondary N) is 1. The lowest BCUT2D eigenvalue weighted by molar-refractivity contribution is 0.103. The molecule has 0 fully saturated rings. The maximum atomic E-state index is 12.2.